The van der Waals surface area contributed by atoms with Crippen molar-refractivity contribution in [1.29, 1.82) is 0 Å². The number of nitrogens with zero attached hydrogens (tertiary/aromatic N) is 4. The van der Waals surface area contributed by atoms with Gasteiger partial charge in [0.15, 0.2) is 0 Å². The van der Waals surface area contributed by atoms with Crippen LogP contribution >= 0.6 is 0 Å². The van der Waals surface area contributed by atoms with Gasteiger partial charge in [-0.05, 0) is 38.2 Å². The molecule has 134 valence electrons. The van der Waals surface area contributed by atoms with Crippen LogP contribution in [0.15, 0.2) is 18.5 Å². The zero-order valence-corrected chi connectivity index (χ0v) is 15.5. The fourth-order valence-electron chi connectivity index (χ4n) is 3.36. The minimum atomic E-state index is -0.320. The van der Waals surface area contributed by atoms with Crippen molar-refractivity contribution < 1.29 is 4.79 Å². The molecule has 1 fully saturated rings. The predicted octanol–water partition coefficient (Wildman–Crippen LogP) is 3.00. The van der Waals surface area contributed by atoms with Crippen molar-refractivity contribution in [3.8, 4) is 11.4 Å². The van der Waals surface area contributed by atoms with E-state index in [9.17, 15) is 4.79 Å². The smallest absolute Gasteiger partial charge is 0.227 e. The van der Waals surface area contributed by atoms with Crippen molar-refractivity contribution in [1.82, 2.24) is 25.1 Å². The molecule has 0 bridgehead atoms. The van der Waals surface area contributed by atoms with Gasteiger partial charge in [-0.1, -0.05) is 20.8 Å². The Morgan fingerprint density at radius 2 is 2.12 bits per heavy atom. The van der Waals surface area contributed by atoms with Crippen LogP contribution in [0.3, 0.4) is 0 Å². The molecule has 6 heteroatoms. The second-order valence-corrected chi connectivity index (χ2v) is 8.05. The fourth-order valence-corrected chi connectivity index (χ4v) is 3.36. The summed E-state index contributed by atoms with van der Waals surface area (Å²) in [5.74, 6) is 0.676. The molecule has 1 aliphatic heterocycles. The van der Waals surface area contributed by atoms with Gasteiger partial charge in [-0.25, -0.2) is 4.98 Å². The van der Waals surface area contributed by atoms with Crippen LogP contribution in [0, 0.1) is 18.3 Å². The molecular formula is C19H27N5O. The summed E-state index contributed by atoms with van der Waals surface area (Å²) in [5, 5.41) is 7.19. The molecule has 0 saturated carbocycles. The maximum atomic E-state index is 12.5. The summed E-state index contributed by atoms with van der Waals surface area (Å²) in [5.41, 5.74) is 3.26. The lowest BCUT2D eigenvalue weighted by atomic mass is 9.89. The lowest BCUT2D eigenvalue weighted by molar-refractivity contribution is -0.141. The van der Waals surface area contributed by atoms with Crippen LogP contribution in [0.1, 0.15) is 45.0 Å². The van der Waals surface area contributed by atoms with Crippen LogP contribution in [0.5, 0.6) is 0 Å². The van der Waals surface area contributed by atoms with Crippen molar-refractivity contribution in [2.75, 3.05) is 13.1 Å². The summed E-state index contributed by atoms with van der Waals surface area (Å²) in [4.78, 5) is 23.6. The van der Waals surface area contributed by atoms with E-state index in [1.807, 2.05) is 44.9 Å². The van der Waals surface area contributed by atoms with Crippen LogP contribution in [-0.2, 0) is 11.2 Å². The molecule has 1 N–H and O–H groups in total. The van der Waals surface area contributed by atoms with Gasteiger partial charge in [-0.3, -0.25) is 14.9 Å². The molecule has 0 spiro atoms. The van der Waals surface area contributed by atoms with E-state index in [0.717, 1.165) is 55.1 Å². The molecule has 2 aromatic rings. The van der Waals surface area contributed by atoms with E-state index in [1.54, 1.807) is 6.20 Å². The van der Waals surface area contributed by atoms with Gasteiger partial charge < -0.3 is 4.90 Å². The lowest BCUT2D eigenvalue weighted by Gasteiger charge is -2.36. The lowest BCUT2D eigenvalue weighted by Crippen LogP contribution is -2.45. The summed E-state index contributed by atoms with van der Waals surface area (Å²) in [6.45, 7) is 9.60. The van der Waals surface area contributed by atoms with Gasteiger partial charge in [0, 0.05) is 30.4 Å². The number of rotatable bonds is 3. The second kappa shape index (κ2) is 6.94. The Morgan fingerprint density at radius 3 is 2.80 bits per heavy atom. The van der Waals surface area contributed by atoms with E-state index < -0.39 is 0 Å². The van der Waals surface area contributed by atoms with Gasteiger partial charge in [0.1, 0.15) is 11.4 Å². The summed E-state index contributed by atoms with van der Waals surface area (Å²) >= 11 is 0. The molecule has 1 aliphatic rings. The number of nitrogens with one attached hydrogen (secondary N) is 1. The molecule has 1 saturated heterocycles. The summed E-state index contributed by atoms with van der Waals surface area (Å²) in [6, 6.07) is 1.97. The molecule has 3 heterocycles. The van der Waals surface area contributed by atoms with Crippen LogP contribution in [0.25, 0.3) is 11.4 Å². The largest absolute Gasteiger partial charge is 0.342 e. The topological polar surface area (TPSA) is 74.8 Å². The predicted molar refractivity (Wildman–Crippen MR) is 96.8 cm³/mol. The minimum absolute atomic E-state index is 0.240. The third-order valence-corrected chi connectivity index (χ3v) is 4.60. The Morgan fingerprint density at radius 1 is 1.32 bits per heavy atom. The molecule has 6 nitrogen and oxygen atoms in total. The van der Waals surface area contributed by atoms with E-state index in [0.29, 0.717) is 5.92 Å². The molecule has 0 aliphatic carbocycles. The third kappa shape index (κ3) is 4.24. The van der Waals surface area contributed by atoms with Gasteiger partial charge >= 0.3 is 0 Å². The fraction of sp³-hybridized carbons (Fsp3) is 0.579. The van der Waals surface area contributed by atoms with E-state index >= 15 is 0 Å². The van der Waals surface area contributed by atoms with Crippen LogP contribution < -0.4 is 0 Å². The first-order valence-corrected chi connectivity index (χ1v) is 8.95. The molecule has 1 atom stereocenters. The summed E-state index contributed by atoms with van der Waals surface area (Å²) in [7, 11) is 0. The summed E-state index contributed by atoms with van der Waals surface area (Å²) < 4.78 is 0. The van der Waals surface area contributed by atoms with Gasteiger partial charge in [0.05, 0.1) is 11.9 Å². The number of aromatic nitrogens is 4. The molecule has 25 heavy (non-hydrogen) atoms. The zero-order chi connectivity index (χ0) is 18.0. The van der Waals surface area contributed by atoms with E-state index in [4.69, 9.17) is 4.98 Å². The van der Waals surface area contributed by atoms with Crippen LogP contribution in [0.2, 0.25) is 0 Å². The highest BCUT2D eigenvalue weighted by Crippen LogP contribution is 2.25. The van der Waals surface area contributed by atoms with Crippen LogP contribution in [-0.4, -0.2) is 44.1 Å². The number of aryl methyl sites for hydroxylation is 1. The number of carbonyl (C=O) groups excluding carboxylic acids is 1. The molecule has 3 rings (SSSR count). The number of hydrogen-bond donors (Lipinski definition) is 1. The van der Waals surface area contributed by atoms with Crippen molar-refractivity contribution in [3.63, 3.8) is 0 Å². The van der Waals surface area contributed by atoms with Gasteiger partial charge in [0.2, 0.25) is 5.91 Å². The van der Waals surface area contributed by atoms with E-state index in [1.165, 1.54) is 0 Å². The Labute approximate surface area is 149 Å². The highest BCUT2D eigenvalue weighted by molar-refractivity contribution is 5.81. The Hall–Kier alpha value is -2.24. The van der Waals surface area contributed by atoms with Crippen LogP contribution in [0.4, 0.5) is 0 Å². The number of H-pyrrole nitrogens is 1. The van der Waals surface area contributed by atoms with Crippen molar-refractivity contribution in [2.45, 2.75) is 47.0 Å². The minimum Gasteiger partial charge on any atom is -0.342 e. The maximum Gasteiger partial charge on any atom is 0.227 e. The van der Waals surface area contributed by atoms with Gasteiger partial charge in [-0.15, -0.1) is 0 Å². The Kier molecular flexibility index (Phi) is 4.88. The molecular weight excluding hydrogens is 314 g/mol. The van der Waals surface area contributed by atoms with Crippen molar-refractivity contribution in [2.24, 2.45) is 11.3 Å². The number of carbonyl (C=O) groups is 1. The Bertz CT molecular complexity index is 746. The van der Waals surface area contributed by atoms with Gasteiger partial charge in [0.25, 0.3) is 0 Å². The monoisotopic (exact) mass is 341 g/mol. The SMILES string of the molecule is Cc1cc(-c2cncc(C[C@H]3CCCN(C(=O)C(C)(C)C)C3)n2)n[nH]1. The molecule has 0 aromatic carbocycles. The number of amides is 1. The highest BCUT2D eigenvalue weighted by Gasteiger charge is 2.31. The average molecular weight is 341 g/mol. The second-order valence-electron chi connectivity index (χ2n) is 8.05. The number of aromatic amines is 1. The quantitative estimate of drug-likeness (QED) is 0.931. The Balaban J connectivity index is 1.69. The highest BCUT2D eigenvalue weighted by atomic mass is 16.2. The molecule has 0 unspecified atom stereocenters. The normalized spacial score (nSPS) is 18.4. The van der Waals surface area contributed by atoms with E-state index in [2.05, 4.69) is 15.2 Å². The zero-order valence-electron chi connectivity index (χ0n) is 15.5. The third-order valence-electron chi connectivity index (χ3n) is 4.60. The van der Waals surface area contributed by atoms with Crippen molar-refractivity contribution in [3.05, 3.63) is 29.8 Å². The van der Waals surface area contributed by atoms with E-state index in [-0.39, 0.29) is 11.3 Å². The van der Waals surface area contributed by atoms with Crippen molar-refractivity contribution >= 4 is 5.91 Å². The first-order valence-electron chi connectivity index (χ1n) is 8.95. The van der Waals surface area contributed by atoms with Gasteiger partial charge in [-0.2, -0.15) is 5.10 Å². The number of hydrogen-bond acceptors (Lipinski definition) is 4. The standard InChI is InChI=1S/C19H27N5O/c1-13-8-16(23-22-13)17-11-20-10-15(21-17)9-14-6-5-7-24(12-14)18(25)19(2,3)4/h8,10-11,14H,5-7,9,12H2,1-4H3,(H,22,23)/t14-/m1/s1. The maximum absolute atomic E-state index is 12.5. The number of likely N-dealkylation sites (tertiary alicyclic amines) is 1. The number of piperidine rings is 1. The first-order chi connectivity index (χ1) is 11.8. The molecule has 0 radical (unpaired) electrons. The first kappa shape index (κ1) is 17.6. The average Bonchev–Trinajstić information content (AvgIpc) is 3.00. The molecule has 1 amide bonds. The molecule has 2 aromatic heterocycles. The summed E-state index contributed by atoms with van der Waals surface area (Å²) in [6.07, 6.45) is 6.60.